The minimum atomic E-state index is -0.439. The molecule has 1 N–H and O–H groups in total. The molecule has 1 heterocycles. The van der Waals surface area contributed by atoms with Crippen LogP contribution in [-0.2, 0) is 10.2 Å². The Kier molecular flexibility index (Phi) is 5.37. The molecule has 0 saturated heterocycles. The van der Waals surface area contributed by atoms with Crippen LogP contribution in [0.15, 0.2) is 48.8 Å². The summed E-state index contributed by atoms with van der Waals surface area (Å²) in [4.78, 5) is 17.4. The van der Waals surface area contributed by atoms with Gasteiger partial charge >= 0.3 is 0 Å². The van der Waals surface area contributed by atoms with Crippen molar-refractivity contribution in [1.29, 1.82) is 0 Å². The molecule has 1 saturated carbocycles. The zero-order valence-electron chi connectivity index (χ0n) is 15.0. The fourth-order valence-corrected chi connectivity index (χ4v) is 3.78. The van der Waals surface area contributed by atoms with E-state index in [1.165, 1.54) is 6.42 Å². The van der Waals surface area contributed by atoms with Gasteiger partial charge in [-0.15, -0.1) is 0 Å². The molecule has 1 aliphatic rings. The molecule has 0 bridgehead atoms. The topological polar surface area (TPSA) is 51.2 Å². The summed E-state index contributed by atoms with van der Waals surface area (Å²) in [5.41, 5.74) is 1.72. The van der Waals surface area contributed by atoms with Crippen LogP contribution in [-0.4, -0.2) is 18.0 Å². The molecule has 2 aromatic rings. The van der Waals surface area contributed by atoms with E-state index >= 15 is 0 Å². The minimum Gasteiger partial charge on any atom is -0.497 e. The number of hydrogen-bond acceptors (Lipinski definition) is 3. The number of rotatable bonds is 5. The van der Waals surface area contributed by atoms with Crippen molar-refractivity contribution in [2.24, 2.45) is 0 Å². The second-order valence-electron chi connectivity index (χ2n) is 6.85. The number of benzene rings is 1. The monoisotopic (exact) mass is 338 g/mol. The molecular formula is C21H26N2O2. The number of nitrogens with one attached hydrogen (secondary N) is 1. The molecule has 1 amide bonds. The van der Waals surface area contributed by atoms with Crippen LogP contribution in [0.25, 0.3) is 0 Å². The Morgan fingerprint density at radius 2 is 1.72 bits per heavy atom. The first-order valence-corrected chi connectivity index (χ1v) is 9.01. The highest BCUT2D eigenvalue weighted by Crippen LogP contribution is 2.40. The molecule has 1 atom stereocenters. The predicted octanol–water partition coefficient (Wildman–Crippen LogP) is 4.17. The number of ether oxygens (including phenoxy) is 1. The van der Waals surface area contributed by atoms with E-state index in [0.717, 1.165) is 42.6 Å². The van der Waals surface area contributed by atoms with E-state index in [1.54, 1.807) is 19.5 Å². The Labute approximate surface area is 149 Å². The van der Waals surface area contributed by atoms with E-state index in [9.17, 15) is 4.79 Å². The number of methoxy groups -OCH3 is 1. The molecule has 0 aliphatic heterocycles. The van der Waals surface area contributed by atoms with Crippen LogP contribution < -0.4 is 10.1 Å². The van der Waals surface area contributed by atoms with Gasteiger partial charge < -0.3 is 10.1 Å². The summed E-state index contributed by atoms with van der Waals surface area (Å²) in [5.74, 6) is 0.946. The lowest BCUT2D eigenvalue weighted by molar-refractivity contribution is -0.128. The van der Waals surface area contributed by atoms with Gasteiger partial charge in [0.1, 0.15) is 5.75 Å². The summed E-state index contributed by atoms with van der Waals surface area (Å²) in [7, 11) is 1.66. The van der Waals surface area contributed by atoms with Crippen molar-refractivity contribution in [3.05, 3.63) is 59.9 Å². The normalized spacial score (nSPS) is 17.5. The first kappa shape index (κ1) is 17.5. The molecule has 0 spiro atoms. The summed E-state index contributed by atoms with van der Waals surface area (Å²) in [6.07, 6.45) is 8.69. The van der Waals surface area contributed by atoms with Crippen LogP contribution in [0.2, 0.25) is 0 Å². The number of amides is 1. The van der Waals surface area contributed by atoms with E-state index in [0.29, 0.717) is 0 Å². The van der Waals surface area contributed by atoms with Crippen molar-refractivity contribution in [2.75, 3.05) is 7.11 Å². The predicted molar refractivity (Wildman–Crippen MR) is 98.6 cm³/mol. The van der Waals surface area contributed by atoms with Crippen molar-refractivity contribution in [2.45, 2.75) is 50.5 Å². The van der Waals surface area contributed by atoms with Crippen molar-refractivity contribution < 1.29 is 9.53 Å². The number of hydrogen-bond donors (Lipinski definition) is 1. The Hall–Kier alpha value is -2.36. The van der Waals surface area contributed by atoms with Gasteiger partial charge in [0.05, 0.1) is 18.6 Å². The van der Waals surface area contributed by atoms with Gasteiger partial charge in [0, 0.05) is 12.4 Å². The highest BCUT2D eigenvalue weighted by molar-refractivity contribution is 5.88. The first-order chi connectivity index (χ1) is 12.2. The summed E-state index contributed by atoms with van der Waals surface area (Å²) in [6, 6.07) is 11.9. The highest BCUT2D eigenvalue weighted by Gasteiger charge is 2.41. The Bertz CT molecular complexity index is 692. The van der Waals surface area contributed by atoms with Gasteiger partial charge in [-0.3, -0.25) is 9.78 Å². The molecule has 132 valence electrons. The lowest BCUT2D eigenvalue weighted by Crippen LogP contribution is -2.46. The maximum atomic E-state index is 13.3. The van der Waals surface area contributed by atoms with Crippen LogP contribution in [0.4, 0.5) is 0 Å². The van der Waals surface area contributed by atoms with Crippen LogP contribution in [0, 0.1) is 0 Å². The number of pyridine rings is 1. The van der Waals surface area contributed by atoms with Crippen molar-refractivity contribution in [3.63, 3.8) is 0 Å². The summed E-state index contributed by atoms with van der Waals surface area (Å²) in [5, 5.41) is 3.24. The second kappa shape index (κ2) is 7.68. The maximum absolute atomic E-state index is 13.3. The molecule has 4 heteroatoms. The number of carbonyl (C=O) groups is 1. The van der Waals surface area contributed by atoms with E-state index in [2.05, 4.69) is 10.3 Å². The molecule has 25 heavy (non-hydrogen) atoms. The standard InChI is InChI=1S/C21H26N2O2/c1-16(17-10-14-22-15-11-17)23-20(24)21(12-4-3-5-13-21)18-6-8-19(25-2)9-7-18/h6-11,14-16H,3-5,12-13H2,1-2H3,(H,23,24). The van der Waals surface area contributed by atoms with Gasteiger partial charge in [-0.2, -0.15) is 0 Å². The SMILES string of the molecule is COc1ccc(C2(C(=O)NC(C)c3ccncc3)CCCCC2)cc1. The van der Waals surface area contributed by atoms with Crippen LogP contribution in [0.1, 0.15) is 56.2 Å². The fourth-order valence-electron chi connectivity index (χ4n) is 3.78. The maximum Gasteiger partial charge on any atom is 0.231 e. The average Bonchev–Trinajstić information content (AvgIpc) is 2.69. The third kappa shape index (κ3) is 3.68. The Morgan fingerprint density at radius 1 is 1.08 bits per heavy atom. The van der Waals surface area contributed by atoms with Gasteiger partial charge in [-0.05, 0) is 55.2 Å². The van der Waals surface area contributed by atoms with Gasteiger partial charge in [0.25, 0.3) is 0 Å². The highest BCUT2D eigenvalue weighted by atomic mass is 16.5. The van der Waals surface area contributed by atoms with Crippen LogP contribution in [0.5, 0.6) is 5.75 Å². The van der Waals surface area contributed by atoms with Crippen molar-refractivity contribution in [3.8, 4) is 5.75 Å². The van der Waals surface area contributed by atoms with Crippen LogP contribution in [0.3, 0.4) is 0 Å². The third-order valence-electron chi connectivity index (χ3n) is 5.34. The molecule has 3 rings (SSSR count). The van der Waals surface area contributed by atoms with Crippen molar-refractivity contribution in [1.82, 2.24) is 10.3 Å². The minimum absolute atomic E-state index is 0.0347. The van der Waals surface area contributed by atoms with E-state index in [-0.39, 0.29) is 11.9 Å². The first-order valence-electron chi connectivity index (χ1n) is 9.01. The lowest BCUT2D eigenvalue weighted by Gasteiger charge is -2.37. The Balaban J connectivity index is 1.85. The summed E-state index contributed by atoms with van der Waals surface area (Å²) < 4.78 is 5.27. The number of carbonyl (C=O) groups excluding carboxylic acids is 1. The summed E-state index contributed by atoms with van der Waals surface area (Å²) in [6.45, 7) is 2.03. The smallest absolute Gasteiger partial charge is 0.231 e. The Morgan fingerprint density at radius 3 is 2.32 bits per heavy atom. The van der Waals surface area contributed by atoms with Gasteiger partial charge in [-0.1, -0.05) is 31.4 Å². The van der Waals surface area contributed by atoms with Gasteiger partial charge in [0.15, 0.2) is 0 Å². The van der Waals surface area contributed by atoms with E-state index in [1.807, 2.05) is 43.3 Å². The zero-order chi connectivity index (χ0) is 17.7. The molecule has 0 radical (unpaired) electrons. The molecule has 1 aliphatic carbocycles. The quantitative estimate of drug-likeness (QED) is 0.890. The summed E-state index contributed by atoms with van der Waals surface area (Å²) >= 11 is 0. The number of aromatic nitrogens is 1. The number of nitrogens with zero attached hydrogens (tertiary/aromatic N) is 1. The average molecular weight is 338 g/mol. The van der Waals surface area contributed by atoms with E-state index in [4.69, 9.17) is 4.74 Å². The molecule has 1 unspecified atom stereocenters. The molecular weight excluding hydrogens is 312 g/mol. The van der Waals surface area contributed by atoms with Crippen molar-refractivity contribution >= 4 is 5.91 Å². The molecule has 1 fully saturated rings. The largest absolute Gasteiger partial charge is 0.497 e. The molecule has 1 aromatic carbocycles. The van der Waals surface area contributed by atoms with Gasteiger partial charge in [-0.25, -0.2) is 0 Å². The fraction of sp³-hybridized carbons (Fsp3) is 0.429. The molecule has 4 nitrogen and oxygen atoms in total. The zero-order valence-corrected chi connectivity index (χ0v) is 15.0. The lowest BCUT2D eigenvalue weighted by atomic mass is 9.68. The van der Waals surface area contributed by atoms with Crippen LogP contribution >= 0.6 is 0 Å². The van der Waals surface area contributed by atoms with Gasteiger partial charge in [0.2, 0.25) is 5.91 Å². The molecule has 1 aromatic heterocycles. The second-order valence-corrected chi connectivity index (χ2v) is 6.85. The third-order valence-corrected chi connectivity index (χ3v) is 5.34. The van der Waals surface area contributed by atoms with E-state index < -0.39 is 5.41 Å².